The number of aromatic nitrogens is 5. The summed E-state index contributed by atoms with van der Waals surface area (Å²) in [5, 5.41) is 17.7. The summed E-state index contributed by atoms with van der Waals surface area (Å²) in [4.78, 5) is 37.7. The van der Waals surface area contributed by atoms with E-state index in [-0.39, 0.29) is 41.2 Å². The summed E-state index contributed by atoms with van der Waals surface area (Å²) in [6.07, 6.45) is 5.41. The molecule has 13 nitrogen and oxygen atoms in total. The molecule has 2 atom stereocenters. The van der Waals surface area contributed by atoms with E-state index in [4.69, 9.17) is 9.47 Å². The molecule has 0 radical (unpaired) electrons. The highest BCUT2D eigenvalue weighted by atomic mass is 16.5. The predicted molar refractivity (Wildman–Crippen MR) is 191 cm³/mol. The first-order valence-corrected chi connectivity index (χ1v) is 17.7. The highest BCUT2D eigenvalue weighted by Crippen LogP contribution is 2.39. The predicted octanol–water partition coefficient (Wildman–Crippen LogP) is 5.56. The van der Waals surface area contributed by atoms with Crippen molar-refractivity contribution in [3.63, 3.8) is 0 Å². The number of urea groups is 1. The van der Waals surface area contributed by atoms with Gasteiger partial charge in [-0.3, -0.25) is 19.4 Å². The molecule has 3 amide bonds. The van der Waals surface area contributed by atoms with E-state index in [1.54, 1.807) is 13.2 Å². The van der Waals surface area contributed by atoms with Crippen LogP contribution in [0.25, 0.3) is 5.65 Å². The van der Waals surface area contributed by atoms with Crippen LogP contribution in [0.3, 0.4) is 0 Å². The summed E-state index contributed by atoms with van der Waals surface area (Å²) >= 11 is 0. The van der Waals surface area contributed by atoms with Crippen molar-refractivity contribution in [2.45, 2.75) is 89.9 Å². The van der Waals surface area contributed by atoms with Gasteiger partial charge in [0.1, 0.15) is 23.5 Å². The Bertz CT molecular complexity index is 1810. The van der Waals surface area contributed by atoms with Crippen LogP contribution in [0.1, 0.15) is 112 Å². The van der Waals surface area contributed by atoms with Gasteiger partial charge in [-0.05, 0) is 48.9 Å². The number of benzene rings is 1. The molecular weight excluding hydrogens is 634 g/mol. The summed E-state index contributed by atoms with van der Waals surface area (Å²) < 4.78 is 13.9. The van der Waals surface area contributed by atoms with E-state index in [1.807, 2.05) is 61.7 Å². The van der Waals surface area contributed by atoms with Crippen LogP contribution in [-0.2, 0) is 10.2 Å². The standard InChI is InChI=1S/C37H49N9O4/c1-7-23(8-2)34-44-43-32-16-13-24(22-46(32)34)50-29-15-14-28(26-11-9-10-12-27(26)29)39-36(48)42-31-19-30(37(3,4)5)40-33(41-31)35(47)38-17-18-45-20-25(21-45)49-6/h9-13,16,19,22-23,25,28-29H,7-8,14-15,17-18,20-21H2,1-6H3,(H,38,47)(H2,39,40,41,42,48). The molecule has 0 bridgehead atoms. The Balaban J connectivity index is 1.12. The van der Waals surface area contributed by atoms with Crippen molar-refractivity contribution >= 4 is 23.4 Å². The average molecular weight is 684 g/mol. The first-order chi connectivity index (χ1) is 24.1. The van der Waals surface area contributed by atoms with Crippen LogP contribution in [0.5, 0.6) is 5.75 Å². The molecular formula is C37H49N9O4. The SMILES string of the molecule is CCC(CC)c1nnc2ccc(OC3CCC(NC(=O)Nc4cc(C(C)(C)C)nc(C(=O)NCCN5CC(OC)C5)n4)c4ccccc43)cn12. The number of amides is 3. The summed E-state index contributed by atoms with van der Waals surface area (Å²) in [5.74, 6) is 1.91. The number of carbonyl (C=O) groups excluding carboxylic acids is 2. The van der Waals surface area contributed by atoms with E-state index in [9.17, 15) is 9.59 Å². The molecule has 2 aliphatic rings. The normalized spacial score (nSPS) is 18.1. The minimum absolute atomic E-state index is 0.0193. The van der Waals surface area contributed by atoms with Crippen LogP contribution < -0.4 is 20.7 Å². The second kappa shape index (κ2) is 15.1. The Labute approximate surface area is 293 Å². The minimum atomic E-state index is -0.411. The fourth-order valence-electron chi connectivity index (χ4n) is 6.65. The Morgan fingerprint density at radius 3 is 2.48 bits per heavy atom. The van der Waals surface area contributed by atoms with E-state index in [0.717, 1.165) is 54.3 Å². The van der Waals surface area contributed by atoms with Gasteiger partial charge < -0.3 is 20.1 Å². The molecule has 50 heavy (non-hydrogen) atoms. The van der Waals surface area contributed by atoms with Gasteiger partial charge in [0.25, 0.3) is 5.91 Å². The molecule has 1 aliphatic carbocycles. The molecule has 3 N–H and O–H groups in total. The van der Waals surface area contributed by atoms with Crippen LogP contribution in [-0.4, -0.2) is 80.8 Å². The molecule has 4 heterocycles. The van der Waals surface area contributed by atoms with Crippen molar-refractivity contribution in [2.24, 2.45) is 0 Å². The third-order valence-corrected chi connectivity index (χ3v) is 9.68. The zero-order valence-corrected chi connectivity index (χ0v) is 29.9. The first-order valence-electron chi connectivity index (χ1n) is 17.7. The van der Waals surface area contributed by atoms with Gasteiger partial charge in [-0.1, -0.05) is 58.9 Å². The second-order valence-corrected chi connectivity index (χ2v) is 14.2. The number of rotatable bonds is 12. The quantitative estimate of drug-likeness (QED) is 0.175. The van der Waals surface area contributed by atoms with Crippen molar-refractivity contribution in [3.05, 3.63) is 77.1 Å². The molecule has 266 valence electrons. The number of pyridine rings is 1. The summed E-state index contributed by atoms with van der Waals surface area (Å²) in [6.45, 7) is 13.2. The lowest BCUT2D eigenvalue weighted by Crippen LogP contribution is -2.53. The minimum Gasteiger partial charge on any atom is -0.484 e. The maximum atomic E-state index is 13.4. The fourth-order valence-corrected chi connectivity index (χ4v) is 6.65. The number of nitrogens with one attached hydrogen (secondary N) is 3. The van der Waals surface area contributed by atoms with E-state index in [2.05, 4.69) is 60.9 Å². The van der Waals surface area contributed by atoms with Gasteiger partial charge in [0.2, 0.25) is 5.82 Å². The van der Waals surface area contributed by atoms with Gasteiger partial charge in [-0.25, -0.2) is 14.8 Å². The number of nitrogens with zero attached hydrogens (tertiary/aromatic N) is 6. The van der Waals surface area contributed by atoms with Crippen molar-refractivity contribution in [2.75, 3.05) is 38.6 Å². The second-order valence-electron chi connectivity index (χ2n) is 14.2. The highest BCUT2D eigenvalue weighted by molar-refractivity contribution is 5.92. The lowest BCUT2D eigenvalue weighted by molar-refractivity contribution is -0.0281. The maximum absolute atomic E-state index is 13.4. The van der Waals surface area contributed by atoms with Crippen molar-refractivity contribution in [1.29, 1.82) is 0 Å². The Kier molecular flexibility index (Phi) is 10.6. The molecule has 1 saturated heterocycles. The van der Waals surface area contributed by atoms with Gasteiger partial charge >= 0.3 is 6.03 Å². The third kappa shape index (κ3) is 7.89. The van der Waals surface area contributed by atoms with Gasteiger partial charge in [0.05, 0.1) is 24.0 Å². The molecule has 3 aromatic heterocycles. The van der Waals surface area contributed by atoms with Gasteiger partial charge in [0.15, 0.2) is 5.65 Å². The maximum Gasteiger partial charge on any atom is 0.320 e. The summed E-state index contributed by atoms with van der Waals surface area (Å²) in [7, 11) is 1.71. The molecule has 6 rings (SSSR count). The molecule has 4 aromatic rings. The van der Waals surface area contributed by atoms with Crippen molar-refractivity contribution in [3.8, 4) is 5.75 Å². The lowest BCUT2D eigenvalue weighted by Gasteiger charge is -2.38. The van der Waals surface area contributed by atoms with Gasteiger partial charge in [-0.15, -0.1) is 10.2 Å². The number of methoxy groups -OCH3 is 1. The molecule has 2 unspecified atom stereocenters. The molecule has 1 aliphatic heterocycles. The fraction of sp³-hybridized carbons (Fsp3) is 0.514. The van der Waals surface area contributed by atoms with Crippen molar-refractivity contribution < 1.29 is 19.1 Å². The van der Waals surface area contributed by atoms with E-state index >= 15 is 0 Å². The van der Waals surface area contributed by atoms with Gasteiger partial charge in [-0.2, -0.15) is 0 Å². The number of hydrogen-bond donors (Lipinski definition) is 3. The number of hydrogen-bond acceptors (Lipinski definition) is 9. The number of anilines is 1. The smallest absolute Gasteiger partial charge is 0.320 e. The average Bonchev–Trinajstić information content (AvgIpc) is 3.50. The van der Waals surface area contributed by atoms with Crippen molar-refractivity contribution in [1.82, 2.24) is 40.1 Å². The Morgan fingerprint density at radius 2 is 1.76 bits per heavy atom. The van der Waals surface area contributed by atoms with Crippen LogP contribution in [0.15, 0.2) is 48.7 Å². The van der Waals surface area contributed by atoms with Crippen LogP contribution in [0.4, 0.5) is 10.6 Å². The van der Waals surface area contributed by atoms with Crippen LogP contribution in [0.2, 0.25) is 0 Å². The van der Waals surface area contributed by atoms with E-state index < -0.39 is 6.03 Å². The number of likely N-dealkylation sites (tertiary alicyclic amines) is 1. The first kappa shape index (κ1) is 35.2. The van der Waals surface area contributed by atoms with Crippen LogP contribution >= 0.6 is 0 Å². The molecule has 1 fully saturated rings. The number of ether oxygens (including phenoxy) is 2. The van der Waals surface area contributed by atoms with Crippen LogP contribution in [0, 0.1) is 0 Å². The third-order valence-electron chi connectivity index (χ3n) is 9.68. The molecule has 13 heteroatoms. The molecule has 0 spiro atoms. The summed E-state index contributed by atoms with van der Waals surface area (Å²) in [6, 6.07) is 13.0. The zero-order valence-electron chi connectivity index (χ0n) is 29.9. The Hall–Kier alpha value is -4.62. The molecule has 0 saturated carbocycles. The number of carbonyl (C=O) groups is 2. The van der Waals surface area contributed by atoms with E-state index in [1.165, 1.54) is 0 Å². The highest BCUT2D eigenvalue weighted by Gasteiger charge is 2.30. The zero-order chi connectivity index (χ0) is 35.4. The van der Waals surface area contributed by atoms with Gasteiger partial charge in [0, 0.05) is 50.7 Å². The number of fused-ring (bicyclic) bond motifs is 2. The largest absolute Gasteiger partial charge is 0.484 e. The summed E-state index contributed by atoms with van der Waals surface area (Å²) in [5.41, 5.74) is 3.11. The van der Waals surface area contributed by atoms with E-state index in [0.29, 0.717) is 37.5 Å². The topological polar surface area (TPSA) is 148 Å². The lowest BCUT2D eigenvalue weighted by atomic mass is 9.85. The Morgan fingerprint density at radius 1 is 1.00 bits per heavy atom. The monoisotopic (exact) mass is 683 g/mol. The molecule has 1 aromatic carbocycles.